The molecule has 1 unspecified atom stereocenters. The van der Waals surface area contributed by atoms with Gasteiger partial charge in [-0.1, -0.05) is 111 Å². The first-order valence-corrected chi connectivity index (χ1v) is 26.3. The van der Waals surface area contributed by atoms with E-state index in [1.807, 2.05) is 18.2 Å². The first-order valence-electron chi connectivity index (χ1n) is 26.3. The Hall–Kier alpha value is -4.89. The van der Waals surface area contributed by atoms with Gasteiger partial charge in [-0.05, 0) is 211 Å². The summed E-state index contributed by atoms with van der Waals surface area (Å²) in [5.74, 6) is 4.46. The van der Waals surface area contributed by atoms with Crippen molar-refractivity contribution in [1.82, 2.24) is 0 Å². The molecule has 0 saturated heterocycles. The second-order valence-electron chi connectivity index (χ2n) is 20.0. The molecule has 0 aliphatic carbocycles. The predicted octanol–water partition coefficient (Wildman–Crippen LogP) is 17.4. The van der Waals surface area contributed by atoms with Crippen molar-refractivity contribution >= 4 is 13.9 Å². The van der Waals surface area contributed by atoms with Crippen LogP contribution < -0.4 is 9.47 Å². The number of methoxy groups -OCH3 is 1. The van der Waals surface area contributed by atoms with Gasteiger partial charge in [0.05, 0.1) is 12.7 Å². The SMILES string of the molecule is CCCCCc1cc(O)c(C/C=C(\C)CCC=C(C)C)c(O)c1.CCCCCc1cc(O)c(C/C=C(\C)CCC=C(C)C)c(OC)c1.CCCc1cc(O)c2c(c1)OC(C)(CCC=C(C)C)C=C2.[B]C#C.[V]. The number of rotatable bonds is 24. The Kier molecular flexibility index (Phi) is 35.2. The minimum absolute atomic E-state index is 0. The number of unbranched alkanes of at least 4 members (excludes halogenated alkanes) is 4. The van der Waals surface area contributed by atoms with Gasteiger partial charge in [-0.25, -0.2) is 0 Å². The third-order valence-electron chi connectivity index (χ3n) is 12.2. The van der Waals surface area contributed by atoms with E-state index in [1.165, 1.54) is 53.5 Å². The van der Waals surface area contributed by atoms with E-state index >= 15 is 0 Å². The fourth-order valence-electron chi connectivity index (χ4n) is 8.04. The summed E-state index contributed by atoms with van der Waals surface area (Å²) in [5.41, 5.74) is 12.0. The van der Waals surface area contributed by atoms with Crippen LogP contribution in [0.1, 0.15) is 200 Å². The zero-order valence-electron chi connectivity index (χ0n) is 46.9. The molecule has 3 radical (unpaired) electrons. The minimum atomic E-state index is -0.295. The molecular formula is C64H93BO6V. The molecule has 4 rings (SSSR count). The summed E-state index contributed by atoms with van der Waals surface area (Å²) in [6.45, 7) is 25.6. The predicted molar refractivity (Wildman–Crippen MR) is 307 cm³/mol. The monoisotopic (exact) mass is 1020 g/mol. The Labute approximate surface area is 452 Å². The van der Waals surface area contributed by atoms with Crippen LogP contribution in [0, 0.1) is 12.2 Å². The molecule has 6 nitrogen and oxygen atoms in total. The molecule has 1 heterocycles. The molecule has 0 spiro atoms. The van der Waals surface area contributed by atoms with Crippen LogP contribution in [0.25, 0.3) is 6.08 Å². The molecule has 1 aliphatic heterocycles. The van der Waals surface area contributed by atoms with E-state index in [1.54, 1.807) is 25.1 Å². The Bertz CT molecular complexity index is 2250. The number of hydrogen-bond acceptors (Lipinski definition) is 6. The van der Waals surface area contributed by atoms with E-state index in [2.05, 4.69) is 146 Å². The Morgan fingerprint density at radius 3 is 1.50 bits per heavy atom. The Morgan fingerprint density at radius 1 is 0.611 bits per heavy atom. The van der Waals surface area contributed by atoms with E-state index in [0.717, 1.165) is 116 Å². The molecule has 0 amide bonds. The van der Waals surface area contributed by atoms with Crippen LogP contribution in [0.3, 0.4) is 0 Å². The van der Waals surface area contributed by atoms with Crippen LogP contribution in [0.2, 0.25) is 0 Å². The van der Waals surface area contributed by atoms with Crippen molar-refractivity contribution in [1.29, 1.82) is 0 Å². The summed E-state index contributed by atoms with van der Waals surface area (Å²) in [6, 6.07) is 11.5. The van der Waals surface area contributed by atoms with Crippen molar-refractivity contribution in [3.05, 3.63) is 134 Å². The smallest absolute Gasteiger partial charge is 0.187 e. The minimum Gasteiger partial charge on any atom is -0.508 e. The first-order chi connectivity index (χ1) is 33.8. The number of allylic oxidation sites excluding steroid dienone is 10. The van der Waals surface area contributed by atoms with Crippen LogP contribution >= 0.6 is 0 Å². The van der Waals surface area contributed by atoms with Crippen LogP contribution in [0.5, 0.6) is 34.5 Å². The molecule has 0 saturated carbocycles. The third-order valence-corrected chi connectivity index (χ3v) is 12.2. The molecule has 72 heavy (non-hydrogen) atoms. The average molecular weight is 1020 g/mol. The number of terminal acetylenes is 1. The molecule has 0 bridgehead atoms. The van der Waals surface area contributed by atoms with Crippen LogP contribution in [-0.4, -0.2) is 41.0 Å². The number of benzene rings is 3. The molecule has 4 N–H and O–H groups in total. The zero-order chi connectivity index (χ0) is 53.4. The molecular weight excluding hydrogens is 926 g/mol. The zero-order valence-corrected chi connectivity index (χ0v) is 48.3. The van der Waals surface area contributed by atoms with E-state index in [4.69, 9.17) is 9.47 Å². The van der Waals surface area contributed by atoms with Gasteiger partial charge in [-0.15, -0.1) is 6.42 Å². The van der Waals surface area contributed by atoms with Gasteiger partial charge < -0.3 is 29.9 Å². The molecule has 3 aromatic carbocycles. The van der Waals surface area contributed by atoms with Crippen molar-refractivity contribution in [3.63, 3.8) is 0 Å². The van der Waals surface area contributed by atoms with Crippen molar-refractivity contribution in [2.24, 2.45) is 0 Å². The van der Waals surface area contributed by atoms with E-state index in [9.17, 15) is 20.4 Å². The van der Waals surface area contributed by atoms with Gasteiger partial charge in [0.15, 0.2) is 7.85 Å². The van der Waals surface area contributed by atoms with Crippen LogP contribution in [-0.2, 0) is 50.7 Å². The molecule has 8 heteroatoms. The number of fused-ring (bicyclic) bond motifs is 1. The fourth-order valence-corrected chi connectivity index (χ4v) is 8.04. The van der Waals surface area contributed by atoms with Crippen molar-refractivity contribution in [2.75, 3.05) is 7.11 Å². The number of aromatic hydroxyl groups is 4. The maximum atomic E-state index is 10.4. The molecule has 3 aromatic rings. The van der Waals surface area contributed by atoms with Crippen LogP contribution in [0.15, 0.2) is 101 Å². The van der Waals surface area contributed by atoms with Gasteiger partial charge in [-0.3, -0.25) is 0 Å². The second-order valence-corrected chi connectivity index (χ2v) is 20.0. The first kappa shape index (κ1) is 67.1. The summed E-state index contributed by atoms with van der Waals surface area (Å²) < 4.78 is 11.7. The summed E-state index contributed by atoms with van der Waals surface area (Å²) in [5, 5.41) is 40.9. The third kappa shape index (κ3) is 27.8. The standard InChI is InChI=1S/C22H34O2.C21H32O2.C19H26O2.C2HB.V/c1-6-7-8-12-19-15-21(23)20(22(16-19)24-5)14-13-18(4)11-9-10-17(2)3;1-5-6-7-11-18-14-20(22)19(21(23)15-18)13-12-17(4)10-8-9-16(2)3;1-5-7-15-12-17(20)16-9-11-19(4,21-18(16)13-15)10-6-8-14(2)3;1-2-3;/h10,13,15-16,23H,6-9,11-12,14H2,1-5H3;9,12,14-15,22-23H,5-8,10-11,13H2,1-4H3;8-9,11-13,20H,5-7,10H2,1-4H3;1H;/b18-13+;17-12+;;;. The van der Waals surface area contributed by atoms with Gasteiger partial charge in [0, 0.05) is 29.7 Å². The Morgan fingerprint density at radius 2 is 1.04 bits per heavy atom. The van der Waals surface area contributed by atoms with Crippen molar-refractivity contribution in [2.45, 2.75) is 204 Å². The normalized spacial score (nSPS) is 13.4. The van der Waals surface area contributed by atoms with E-state index < -0.39 is 0 Å². The fraction of sp³-hybridized carbons (Fsp3) is 0.500. The maximum Gasteiger partial charge on any atom is 0.187 e. The summed E-state index contributed by atoms with van der Waals surface area (Å²) in [6.07, 6.45) is 37.8. The van der Waals surface area contributed by atoms with E-state index in [-0.39, 0.29) is 35.7 Å². The summed E-state index contributed by atoms with van der Waals surface area (Å²) >= 11 is 0. The molecule has 393 valence electrons. The largest absolute Gasteiger partial charge is 0.508 e. The quantitative estimate of drug-likeness (QED) is 0.0309. The number of aryl methyl sites for hydroxylation is 3. The van der Waals surface area contributed by atoms with Gasteiger partial charge in [-0.2, -0.15) is 5.82 Å². The van der Waals surface area contributed by atoms with Gasteiger partial charge in [0.1, 0.15) is 40.1 Å². The van der Waals surface area contributed by atoms with Gasteiger partial charge in [0.25, 0.3) is 0 Å². The summed E-state index contributed by atoms with van der Waals surface area (Å²) in [7, 11) is 6.06. The topological polar surface area (TPSA) is 99.4 Å². The van der Waals surface area contributed by atoms with Gasteiger partial charge in [0.2, 0.25) is 0 Å². The molecule has 0 fully saturated rings. The van der Waals surface area contributed by atoms with Crippen molar-refractivity contribution in [3.8, 4) is 46.7 Å². The average Bonchev–Trinajstić information content (AvgIpc) is 3.28. The van der Waals surface area contributed by atoms with E-state index in [0.29, 0.717) is 29.9 Å². The molecule has 1 aliphatic rings. The number of hydrogen-bond donors (Lipinski definition) is 4. The summed E-state index contributed by atoms with van der Waals surface area (Å²) in [4.78, 5) is 0. The number of ether oxygens (including phenoxy) is 2. The Balaban J connectivity index is 0.00000102. The maximum absolute atomic E-state index is 10.4. The molecule has 1 atom stereocenters. The second kappa shape index (κ2) is 37.8. The van der Waals surface area contributed by atoms with Crippen molar-refractivity contribution < 1.29 is 48.5 Å². The van der Waals surface area contributed by atoms with Gasteiger partial charge >= 0.3 is 0 Å². The molecule has 0 aromatic heterocycles. The number of phenols is 4. The number of phenolic OH excluding ortho intramolecular Hbond substituents is 4. The van der Waals surface area contributed by atoms with Crippen LogP contribution in [0.4, 0.5) is 0 Å².